The summed E-state index contributed by atoms with van der Waals surface area (Å²) >= 11 is 0. The largest absolute Gasteiger partial charge is 0.457 e. The first-order valence-corrected chi connectivity index (χ1v) is 13.5. The van der Waals surface area contributed by atoms with Gasteiger partial charge in [0, 0.05) is 35.0 Å². The zero-order valence-corrected chi connectivity index (χ0v) is 23.7. The van der Waals surface area contributed by atoms with Gasteiger partial charge in [0.25, 0.3) is 5.91 Å². The van der Waals surface area contributed by atoms with Gasteiger partial charge in [-0.25, -0.2) is 9.97 Å². The van der Waals surface area contributed by atoms with E-state index in [-0.39, 0.29) is 25.0 Å². The molecule has 214 valence electrons. The summed E-state index contributed by atoms with van der Waals surface area (Å²) in [5.41, 5.74) is 4.47. The second-order valence-electron chi connectivity index (χ2n) is 9.52. The molecule has 5 rings (SSSR count). The van der Waals surface area contributed by atoms with Crippen LogP contribution >= 0.6 is 0 Å². The Morgan fingerprint density at radius 1 is 0.884 bits per heavy atom. The normalized spacial score (nSPS) is 10.4. The van der Waals surface area contributed by atoms with E-state index in [0.29, 0.717) is 22.9 Å². The molecule has 0 radical (unpaired) electrons. The lowest BCUT2D eigenvalue weighted by Crippen LogP contribution is -2.27. The van der Waals surface area contributed by atoms with Gasteiger partial charge < -0.3 is 25.4 Å². The van der Waals surface area contributed by atoms with E-state index in [1.165, 1.54) is 13.4 Å². The molecule has 1 aromatic heterocycles. The van der Waals surface area contributed by atoms with Crippen molar-refractivity contribution in [2.75, 3.05) is 30.9 Å². The zero-order valence-electron chi connectivity index (χ0n) is 23.7. The minimum Gasteiger partial charge on any atom is -0.457 e. The van der Waals surface area contributed by atoms with E-state index >= 15 is 0 Å². The van der Waals surface area contributed by atoms with Gasteiger partial charge in [-0.2, -0.15) is 0 Å². The molecule has 1 heterocycles. The second-order valence-corrected chi connectivity index (χ2v) is 9.52. The number of nitrogens with one attached hydrogen (secondary N) is 3. The van der Waals surface area contributed by atoms with E-state index in [2.05, 4.69) is 37.8 Å². The lowest BCUT2D eigenvalue weighted by Gasteiger charge is -2.13. The van der Waals surface area contributed by atoms with Gasteiger partial charge in [-0.1, -0.05) is 36.1 Å². The molecule has 3 N–H and O–H groups in total. The third-order valence-electron chi connectivity index (χ3n) is 6.31. The molecule has 2 amide bonds. The highest BCUT2D eigenvalue weighted by molar-refractivity contribution is 6.04. The monoisotopic (exact) mass is 571 g/mol. The Morgan fingerprint density at radius 2 is 1.74 bits per heavy atom. The number of hydrogen-bond donors (Lipinski definition) is 3. The van der Waals surface area contributed by atoms with E-state index in [4.69, 9.17) is 9.47 Å². The highest BCUT2D eigenvalue weighted by Gasteiger charge is 2.10. The molecule has 0 fully saturated rings. The van der Waals surface area contributed by atoms with Gasteiger partial charge in [-0.05, 0) is 79.2 Å². The molecule has 5 aromatic rings. The fraction of sp³-hybridized carbons (Fsp3) is 0.118. The fourth-order valence-corrected chi connectivity index (χ4v) is 4.24. The number of ether oxygens (including phenoxy) is 2. The zero-order chi connectivity index (χ0) is 30.0. The number of aryl methyl sites for hydroxylation is 1. The molecular formula is C34H29N5O4. The Labute approximate surface area is 249 Å². The summed E-state index contributed by atoms with van der Waals surface area (Å²) in [6.07, 6.45) is 1.51. The number of carbonyl (C=O) groups is 2. The SMILES string of the molecule is COCC(=O)NCC#Cc1ccc2ncnc(Nc3ccc(Oc4cccc(C(=O)Nc5ccccc5)c4)c(C)c3)c2c1. The smallest absolute Gasteiger partial charge is 0.255 e. The number of para-hydroxylation sites is 1. The minimum absolute atomic E-state index is 0.00228. The predicted octanol–water partition coefficient (Wildman–Crippen LogP) is 5.84. The maximum Gasteiger partial charge on any atom is 0.255 e. The molecule has 43 heavy (non-hydrogen) atoms. The first-order chi connectivity index (χ1) is 21.0. The summed E-state index contributed by atoms with van der Waals surface area (Å²) in [6, 6.07) is 27.8. The fourth-order valence-electron chi connectivity index (χ4n) is 4.24. The third kappa shape index (κ3) is 7.73. The van der Waals surface area contributed by atoms with Gasteiger partial charge >= 0.3 is 0 Å². The molecule has 0 bridgehead atoms. The average Bonchev–Trinajstić information content (AvgIpc) is 3.02. The van der Waals surface area contributed by atoms with Crippen molar-refractivity contribution in [2.24, 2.45) is 0 Å². The van der Waals surface area contributed by atoms with Crippen molar-refractivity contribution >= 4 is 39.9 Å². The Hall–Kier alpha value is -5.72. The number of fused-ring (bicyclic) bond motifs is 1. The van der Waals surface area contributed by atoms with Crippen molar-refractivity contribution in [1.82, 2.24) is 15.3 Å². The van der Waals surface area contributed by atoms with E-state index in [1.807, 2.05) is 79.7 Å². The Balaban J connectivity index is 1.28. The molecule has 0 saturated heterocycles. The van der Waals surface area contributed by atoms with Crippen LogP contribution in [0.3, 0.4) is 0 Å². The number of hydrogen-bond acceptors (Lipinski definition) is 7. The summed E-state index contributed by atoms with van der Waals surface area (Å²) in [7, 11) is 1.47. The molecule has 9 nitrogen and oxygen atoms in total. The van der Waals surface area contributed by atoms with Gasteiger partial charge in [-0.15, -0.1) is 0 Å². The molecule has 0 aliphatic heterocycles. The van der Waals surface area contributed by atoms with Crippen molar-refractivity contribution in [3.05, 3.63) is 114 Å². The standard InChI is InChI=1S/C34H29N5O4/c1-23-18-27(14-16-31(23)43-28-12-6-9-25(20-28)34(41)39-26-10-4-3-5-11-26)38-33-29-19-24(13-15-30(29)36-22-37-33)8-7-17-35-32(40)21-42-2/h3-6,9-16,18-20,22H,17,21H2,1-2H3,(H,35,40)(H,39,41)(H,36,37,38). The molecule has 4 aromatic carbocycles. The molecule has 0 unspecified atom stereocenters. The van der Waals surface area contributed by atoms with Gasteiger partial charge in [0.2, 0.25) is 5.91 Å². The topological polar surface area (TPSA) is 114 Å². The van der Waals surface area contributed by atoms with Crippen LogP contribution in [0.5, 0.6) is 11.5 Å². The van der Waals surface area contributed by atoms with Crippen LogP contribution in [-0.4, -0.2) is 42.0 Å². The van der Waals surface area contributed by atoms with Gasteiger partial charge in [0.1, 0.15) is 30.3 Å². The van der Waals surface area contributed by atoms with Gasteiger partial charge in [0.05, 0.1) is 12.1 Å². The van der Waals surface area contributed by atoms with Gasteiger partial charge in [0.15, 0.2) is 0 Å². The molecule has 0 aliphatic carbocycles. The molecule has 0 saturated carbocycles. The highest BCUT2D eigenvalue weighted by Crippen LogP contribution is 2.30. The molecule has 0 aliphatic rings. The summed E-state index contributed by atoms with van der Waals surface area (Å²) < 4.78 is 10.9. The molecular weight excluding hydrogens is 542 g/mol. The van der Waals surface area contributed by atoms with Crippen LogP contribution in [0.2, 0.25) is 0 Å². The van der Waals surface area contributed by atoms with E-state index in [1.54, 1.807) is 18.2 Å². The van der Waals surface area contributed by atoms with E-state index < -0.39 is 0 Å². The summed E-state index contributed by atoms with van der Waals surface area (Å²) in [5.74, 6) is 7.41. The third-order valence-corrected chi connectivity index (χ3v) is 6.31. The maximum atomic E-state index is 12.7. The Bertz CT molecular complexity index is 1830. The van der Waals surface area contributed by atoms with Crippen LogP contribution in [0.1, 0.15) is 21.5 Å². The molecule has 9 heteroatoms. The lowest BCUT2D eigenvalue weighted by molar-refractivity contribution is -0.124. The average molecular weight is 572 g/mol. The van der Waals surface area contributed by atoms with Crippen LogP contribution < -0.4 is 20.7 Å². The molecule has 0 atom stereocenters. The second kappa shape index (κ2) is 13.8. The Morgan fingerprint density at radius 3 is 2.56 bits per heavy atom. The number of carbonyl (C=O) groups excluding carboxylic acids is 2. The summed E-state index contributed by atoms with van der Waals surface area (Å²) in [4.78, 5) is 33.1. The van der Waals surface area contributed by atoms with Crippen LogP contribution in [-0.2, 0) is 9.53 Å². The number of aromatic nitrogens is 2. The van der Waals surface area contributed by atoms with Crippen molar-refractivity contribution < 1.29 is 19.1 Å². The van der Waals surface area contributed by atoms with Crippen LogP contribution in [0.15, 0.2) is 97.3 Å². The van der Waals surface area contributed by atoms with Crippen LogP contribution in [0.4, 0.5) is 17.2 Å². The highest BCUT2D eigenvalue weighted by atomic mass is 16.5. The molecule has 0 spiro atoms. The Kier molecular flexibility index (Phi) is 9.22. The maximum absolute atomic E-state index is 12.7. The quantitative estimate of drug-likeness (QED) is 0.191. The van der Waals surface area contributed by atoms with Crippen molar-refractivity contribution in [3.63, 3.8) is 0 Å². The van der Waals surface area contributed by atoms with Crippen LogP contribution in [0.25, 0.3) is 10.9 Å². The van der Waals surface area contributed by atoms with Crippen molar-refractivity contribution in [2.45, 2.75) is 6.92 Å². The summed E-state index contributed by atoms with van der Waals surface area (Å²) in [5, 5.41) is 9.74. The summed E-state index contributed by atoms with van der Waals surface area (Å²) in [6.45, 7) is 2.16. The number of methoxy groups -OCH3 is 1. The van der Waals surface area contributed by atoms with Crippen molar-refractivity contribution in [3.8, 4) is 23.3 Å². The first-order valence-electron chi connectivity index (χ1n) is 13.5. The predicted molar refractivity (Wildman–Crippen MR) is 167 cm³/mol. The lowest BCUT2D eigenvalue weighted by atomic mass is 10.1. The van der Waals surface area contributed by atoms with Crippen LogP contribution in [0, 0.1) is 18.8 Å². The number of anilines is 3. The minimum atomic E-state index is -0.221. The number of nitrogens with zero attached hydrogens (tertiary/aromatic N) is 2. The number of benzene rings is 4. The van der Waals surface area contributed by atoms with Crippen molar-refractivity contribution in [1.29, 1.82) is 0 Å². The van der Waals surface area contributed by atoms with Gasteiger partial charge in [-0.3, -0.25) is 9.59 Å². The number of amides is 2. The first kappa shape index (κ1) is 28.8. The van der Waals surface area contributed by atoms with E-state index in [9.17, 15) is 9.59 Å². The van der Waals surface area contributed by atoms with E-state index in [0.717, 1.165) is 33.4 Å². The number of rotatable bonds is 9.